The van der Waals surface area contributed by atoms with Crippen LogP contribution in [0.2, 0.25) is 0 Å². The maximum Gasteiger partial charge on any atom is 0.205 e. The number of aliphatic hydroxyl groups is 1. The highest BCUT2D eigenvalue weighted by molar-refractivity contribution is 6.04. The summed E-state index contributed by atoms with van der Waals surface area (Å²) in [6.07, 6.45) is 0.775. The molecule has 5 N–H and O–H groups in total. The number of amidine groups is 1. The normalized spacial score (nSPS) is 17.1. The first-order valence-electron chi connectivity index (χ1n) is 8.82. The standard InChI is InChI=1S/C21H21N5O/c22-12-14-4-1-6-16(10-14)17-7-2-5-15(11-17)13-24-20-18-8-3-9-23-19(18)25-21(27)26-20/h1-11,21,27H,12-13,22H2,(H,23,25)(H,24,26). The zero-order valence-corrected chi connectivity index (χ0v) is 14.8. The maximum absolute atomic E-state index is 9.91. The Morgan fingerprint density at radius 2 is 1.70 bits per heavy atom. The number of nitrogens with two attached hydrogens (primary N) is 1. The average molecular weight is 359 g/mol. The van der Waals surface area contributed by atoms with Crippen molar-refractivity contribution in [2.24, 2.45) is 10.7 Å². The van der Waals surface area contributed by atoms with Crippen molar-refractivity contribution < 1.29 is 5.11 Å². The van der Waals surface area contributed by atoms with Crippen LogP contribution in [-0.4, -0.2) is 22.3 Å². The number of anilines is 1. The number of hydrogen-bond acceptors (Lipinski definition) is 5. The molecule has 6 heteroatoms. The van der Waals surface area contributed by atoms with Crippen LogP contribution in [0.4, 0.5) is 5.82 Å². The second-order valence-electron chi connectivity index (χ2n) is 6.36. The molecule has 0 amide bonds. The van der Waals surface area contributed by atoms with Crippen LogP contribution in [0.1, 0.15) is 16.7 Å². The van der Waals surface area contributed by atoms with Crippen molar-refractivity contribution in [2.45, 2.75) is 19.4 Å². The van der Waals surface area contributed by atoms with Gasteiger partial charge in [-0.1, -0.05) is 36.4 Å². The molecule has 0 bridgehead atoms. The SMILES string of the molecule is NCc1cccc(-c2cccc(CN=C3NC(O)Nc4ncccc43)c2)c1. The Kier molecular flexibility index (Phi) is 4.82. The quantitative estimate of drug-likeness (QED) is 0.574. The van der Waals surface area contributed by atoms with Gasteiger partial charge in [0.25, 0.3) is 0 Å². The van der Waals surface area contributed by atoms with Gasteiger partial charge < -0.3 is 21.5 Å². The molecule has 1 aliphatic heterocycles. The Morgan fingerprint density at radius 1 is 0.963 bits per heavy atom. The van der Waals surface area contributed by atoms with Gasteiger partial charge in [-0.05, 0) is 46.5 Å². The third-order valence-corrected chi connectivity index (χ3v) is 4.45. The van der Waals surface area contributed by atoms with E-state index in [1.54, 1.807) is 6.20 Å². The zero-order chi connectivity index (χ0) is 18.6. The highest BCUT2D eigenvalue weighted by atomic mass is 16.3. The lowest BCUT2D eigenvalue weighted by Crippen LogP contribution is -2.45. The molecule has 0 radical (unpaired) electrons. The van der Waals surface area contributed by atoms with Crippen LogP contribution >= 0.6 is 0 Å². The van der Waals surface area contributed by atoms with Gasteiger partial charge in [-0.25, -0.2) is 4.98 Å². The molecule has 2 heterocycles. The number of pyridine rings is 1. The Labute approximate surface area is 157 Å². The van der Waals surface area contributed by atoms with Gasteiger partial charge in [-0.2, -0.15) is 0 Å². The van der Waals surface area contributed by atoms with Crippen molar-refractivity contribution in [3.63, 3.8) is 0 Å². The van der Waals surface area contributed by atoms with Crippen LogP contribution in [-0.2, 0) is 13.1 Å². The summed E-state index contributed by atoms with van der Waals surface area (Å²) in [6.45, 7) is 1.02. The number of hydrogen-bond donors (Lipinski definition) is 4. The van der Waals surface area contributed by atoms with E-state index in [9.17, 15) is 5.11 Å². The Bertz CT molecular complexity index is 986. The number of aromatic nitrogens is 1. The van der Waals surface area contributed by atoms with Gasteiger partial charge in [0.1, 0.15) is 11.7 Å². The van der Waals surface area contributed by atoms with Gasteiger partial charge in [-0.3, -0.25) is 4.99 Å². The molecule has 3 aromatic rings. The number of nitrogens with zero attached hydrogens (tertiary/aromatic N) is 2. The second-order valence-corrected chi connectivity index (χ2v) is 6.36. The Balaban J connectivity index is 1.60. The summed E-state index contributed by atoms with van der Waals surface area (Å²) in [4.78, 5) is 8.90. The molecule has 0 saturated heterocycles. The number of aliphatic imine (C=N–C) groups is 1. The fraction of sp³-hybridized carbons (Fsp3) is 0.143. The summed E-state index contributed by atoms with van der Waals surface area (Å²) in [7, 11) is 0. The molecule has 4 rings (SSSR count). The largest absolute Gasteiger partial charge is 0.356 e. The van der Waals surface area contributed by atoms with Crippen molar-refractivity contribution in [3.05, 3.63) is 83.6 Å². The summed E-state index contributed by atoms with van der Waals surface area (Å²) in [6, 6.07) is 20.3. The zero-order valence-electron chi connectivity index (χ0n) is 14.8. The summed E-state index contributed by atoms with van der Waals surface area (Å²) in [5.41, 5.74) is 11.0. The highest BCUT2D eigenvalue weighted by Crippen LogP contribution is 2.22. The monoisotopic (exact) mass is 359 g/mol. The van der Waals surface area contributed by atoms with E-state index in [2.05, 4.69) is 44.9 Å². The lowest BCUT2D eigenvalue weighted by Gasteiger charge is -2.25. The smallest absolute Gasteiger partial charge is 0.205 e. The fourth-order valence-corrected chi connectivity index (χ4v) is 3.11. The summed E-state index contributed by atoms with van der Waals surface area (Å²) in [5, 5.41) is 15.7. The first-order valence-corrected chi connectivity index (χ1v) is 8.82. The molecule has 2 aromatic carbocycles. The Hall–Kier alpha value is -3.22. The maximum atomic E-state index is 9.91. The topological polar surface area (TPSA) is 95.6 Å². The predicted octanol–water partition coefficient (Wildman–Crippen LogP) is 2.45. The third kappa shape index (κ3) is 3.81. The van der Waals surface area contributed by atoms with Crippen LogP contribution in [0.3, 0.4) is 0 Å². The van der Waals surface area contributed by atoms with Gasteiger partial charge in [0.2, 0.25) is 6.35 Å². The number of fused-ring (bicyclic) bond motifs is 1. The predicted molar refractivity (Wildman–Crippen MR) is 107 cm³/mol. The van der Waals surface area contributed by atoms with Crippen molar-refractivity contribution in [1.29, 1.82) is 0 Å². The molecule has 1 aromatic heterocycles. The lowest BCUT2D eigenvalue weighted by atomic mass is 10.0. The summed E-state index contributed by atoms with van der Waals surface area (Å²) < 4.78 is 0. The van der Waals surface area contributed by atoms with Gasteiger partial charge >= 0.3 is 0 Å². The Morgan fingerprint density at radius 3 is 2.48 bits per heavy atom. The van der Waals surface area contributed by atoms with E-state index in [0.717, 1.165) is 27.8 Å². The van der Waals surface area contributed by atoms with Crippen LogP contribution in [0, 0.1) is 0 Å². The molecule has 0 aliphatic carbocycles. The highest BCUT2D eigenvalue weighted by Gasteiger charge is 2.20. The molecule has 27 heavy (non-hydrogen) atoms. The summed E-state index contributed by atoms with van der Waals surface area (Å²) in [5.74, 6) is 1.25. The minimum Gasteiger partial charge on any atom is -0.356 e. The first-order chi connectivity index (χ1) is 13.2. The van der Waals surface area contributed by atoms with Crippen molar-refractivity contribution in [2.75, 3.05) is 5.32 Å². The van der Waals surface area contributed by atoms with E-state index in [1.807, 2.05) is 36.4 Å². The van der Waals surface area contributed by atoms with Gasteiger partial charge in [-0.15, -0.1) is 0 Å². The van der Waals surface area contributed by atoms with E-state index in [1.165, 1.54) is 0 Å². The second kappa shape index (κ2) is 7.57. The molecular weight excluding hydrogens is 338 g/mol. The van der Waals surface area contributed by atoms with Crippen LogP contribution in [0.15, 0.2) is 71.9 Å². The molecule has 0 fully saturated rings. The minimum absolute atomic E-state index is 0.494. The molecule has 1 unspecified atom stereocenters. The number of nitrogens with one attached hydrogen (secondary N) is 2. The molecule has 6 nitrogen and oxygen atoms in total. The van der Waals surface area contributed by atoms with E-state index >= 15 is 0 Å². The fourth-order valence-electron chi connectivity index (χ4n) is 3.11. The molecule has 1 atom stereocenters. The molecule has 0 spiro atoms. The molecular formula is C21H21N5O. The van der Waals surface area contributed by atoms with Crippen molar-refractivity contribution in [3.8, 4) is 11.1 Å². The van der Waals surface area contributed by atoms with E-state index in [-0.39, 0.29) is 0 Å². The summed E-state index contributed by atoms with van der Waals surface area (Å²) >= 11 is 0. The molecule has 136 valence electrons. The van der Waals surface area contributed by atoms with Crippen LogP contribution in [0.25, 0.3) is 11.1 Å². The molecule has 0 saturated carbocycles. The number of rotatable bonds is 4. The lowest BCUT2D eigenvalue weighted by molar-refractivity contribution is 0.186. The third-order valence-electron chi connectivity index (χ3n) is 4.45. The number of aliphatic hydroxyl groups excluding tert-OH is 1. The molecule has 1 aliphatic rings. The van der Waals surface area contributed by atoms with E-state index in [0.29, 0.717) is 24.7 Å². The van der Waals surface area contributed by atoms with Gasteiger partial charge in [0.05, 0.1) is 12.1 Å². The van der Waals surface area contributed by atoms with E-state index in [4.69, 9.17) is 5.73 Å². The van der Waals surface area contributed by atoms with E-state index < -0.39 is 6.35 Å². The van der Waals surface area contributed by atoms with Crippen LogP contribution < -0.4 is 16.4 Å². The van der Waals surface area contributed by atoms with Gasteiger partial charge in [0.15, 0.2) is 0 Å². The average Bonchev–Trinajstić information content (AvgIpc) is 2.72. The van der Waals surface area contributed by atoms with Gasteiger partial charge in [0, 0.05) is 12.7 Å². The van der Waals surface area contributed by atoms with Crippen molar-refractivity contribution in [1.82, 2.24) is 10.3 Å². The van der Waals surface area contributed by atoms with Crippen LogP contribution in [0.5, 0.6) is 0 Å². The first kappa shape index (κ1) is 17.2. The van der Waals surface area contributed by atoms with Crippen molar-refractivity contribution >= 4 is 11.7 Å². The number of benzene rings is 2. The minimum atomic E-state index is -0.906.